The molecule has 4 nitrogen and oxygen atoms in total. The monoisotopic (exact) mass is 256 g/mol. The maximum atomic E-state index is 12.2. The number of likely N-dealkylation sites (tertiary alicyclic amines) is 1. The number of benzene rings is 1. The van der Waals surface area contributed by atoms with Crippen LogP contribution in [0, 0.1) is 0 Å². The van der Waals surface area contributed by atoms with E-state index in [1.807, 2.05) is 30.5 Å². The summed E-state index contributed by atoms with van der Waals surface area (Å²) in [4.78, 5) is 28.4. The number of H-pyrrole nitrogens is 1. The second-order valence-corrected chi connectivity index (χ2v) is 4.96. The minimum atomic E-state index is 0.109. The Hall–Kier alpha value is -2.10. The molecule has 1 aliphatic rings. The topological polar surface area (TPSA) is 53.2 Å². The molecule has 3 rings (SSSR count). The van der Waals surface area contributed by atoms with E-state index in [0.29, 0.717) is 32.4 Å². The number of carbonyl (C=O) groups is 2. The van der Waals surface area contributed by atoms with Gasteiger partial charge in [0.05, 0.1) is 6.42 Å². The van der Waals surface area contributed by atoms with Gasteiger partial charge in [-0.1, -0.05) is 18.2 Å². The van der Waals surface area contributed by atoms with Crippen molar-refractivity contribution in [2.45, 2.75) is 19.3 Å². The zero-order chi connectivity index (χ0) is 13.2. The Balaban J connectivity index is 1.74. The van der Waals surface area contributed by atoms with E-state index in [1.165, 1.54) is 0 Å². The zero-order valence-corrected chi connectivity index (χ0v) is 10.7. The number of rotatable bonds is 2. The Morgan fingerprint density at radius 2 is 1.95 bits per heavy atom. The minimum Gasteiger partial charge on any atom is -0.361 e. The van der Waals surface area contributed by atoms with Gasteiger partial charge in [-0.3, -0.25) is 9.59 Å². The summed E-state index contributed by atoms with van der Waals surface area (Å²) in [6, 6.07) is 7.97. The largest absolute Gasteiger partial charge is 0.361 e. The molecule has 1 aromatic heterocycles. The quantitative estimate of drug-likeness (QED) is 0.892. The molecule has 0 atom stereocenters. The van der Waals surface area contributed by atoms with Gasteiger partial charge in [-0.05, 0) is 11.6 Å². The first-order valence-electron chi connectivity index (χ1n) is 6.58. The van der Waals surface area contributed by atoms with Crippen molar-refractivity contribution in [3.63, 3.8) is 0 Å². The summed E-state index contributed by atoms with van der Waals surface area (Å²) in [6.45, 7) is 1.14. The van der Waals surface area contributed by atoms with Gasteiger partial charge in [0.1, 0.15) is 5.78 Å². The number of Topliss-reactive ketones (excluding diaryl/α,β-unsaturated/α-hetero) is 1. The molecular formula is C15H16N2O2. The number of hydrogen-bond donors (Lipinski definition) is 1. The van der Waals surface area contributed by atoms with Crippen LogP contribution in [0.25, 0.3) is 10.9 Å². The standard InChI is InChI=1S/C15H16N2O2/c18-12-5-7-17(8-6-12)15(19)9-11-10-16-14-4-2-1-3-13(11)14/h1-4,10,16H,5-9H2. The van der Waals surface area contributed by atoms with Crippen LogP contribution in [0.3, 0.4) is 0 Å². The molecule has 2 aromatic rings. The van der Waals surface area contributed by atoms with Crippen molar-refractivity contribution in [1.82, 2.24) is 9.88 Å². The van der Waals surface area contributed by atoms with Crippen LogP contribution in [-0.2, 0) is 16.0 Å². The fraction of sp³-hybridized carbons (Fsp3) is 0.333. The van der Waals surface area contributed by atoms with Gasteiger partial charge in [-0.25, -0.2) is 0 Å². The summed E-state index contributed by atoms with van der Waals surface area (Å²) in [5, 5.41) is 1.10. The SMILES string of the molecule is O=C1CCN(C(=O)Cc2c[nH]c3ccccc23)CC1. The molecular weight excluding hydrogens is 240 g/mol. The third-order valence-corrected chi connectivity index (χ3v) is 3.69. The number of ketones is 1. The summed E-state index contributed by atoms with van der Waals surface area (Å²) in [7, 11) is 0. The predicted molar refractivity (Wildman–Crippen MR) is 72.8 cm³/mol. The number of para-hydroxylation sites is 1. The van der Waals surface area contributed by atoms with E-state index in [1.54, 1.807) is 4.90 Å². The molecule has 1 aliphatic heterocycles. The van der Waals surface area contributed by atoms with E-state index < -0.39 is 0 Å². The minimum absolute atomic E-state index is 0.109. The Labute approximate surface area is 111 Å². The number of nitrogens with one attached hydrogen (secondary N) is 1. The van der Waals surface area contributed by atoms with Crippen LogP contribution in [0.5, 0.6) is 0 Å². The summed E-state index contributed by atoms with van der Waals surface area (Å²) in [5.74, 6) is 0.369. The lowest BCUT2D eigenvalue weighted by Crippen LogP contribution is -2.39. The molecule has 2 heterocycles. The van der Waals surface area contributed by atoms with Gasteiger partial charge in [-0.15, -0.1) is 0 Å². The molecule has 0 spiro atoms. The average molecular weight is 256 g/mol. The third-order valence-electron chi connectivity index (χ3n) is 3.69. The van der Waals surface area contributed by atoms with Gasteiger partial charge in [0, 0.05) is 43.0 Å². The fourth-order valence-electron chi connectivity index (χ4n) is 2.56. The second kappa shape index (κ2) is 4.88. The van der Waals surface area contributed by atoms with Crippen molar-refractivity contribution in [3.05, 3.63) is 36.0 Å². The van der Waals surface area contributed by atoms with Gasteiger partial charge in [-0.2, -0.15) is 0 Å². The number of hydrogen-bond acceptors (Lipinski definition) is 2. The van der Waals surface area contributed by atoms with Gasteiger partial charge in [0.2, 0.25) is 5.91 Å². The molecule has 98 valence electrons. The highest BCUT2D eigenvalue weighted by Crippen LogP contribution is 2.19. The first-order valence-corrected chi connectivity index (χ1v) is 6.58. The maximum Gasteiger partial charge on any atom is 0.227 e. The fourth-order valence-corrected chi connectivity index (χ4v) is 2.56. The molecule has 0 bridgehead atoms. The molecule has 1 fully saturated rings. The van der Waals surface area contributed by atoms with Gasteiger partial charge in [0.15, 0.2) is 0 Å². The number of aromatic amines is 1. The lowest BCUT2D eigenvalue weighted by atomic mass is 10.1. The van der Waals surface area contributed by atoms with Crippen molar-refractivity contribution in [3.8, 4) is 0 Å². The van der Waals surface area contributed by atoms with Crippen molar-refractivity contribution >= 4 is 22.6 Å². The molecule has 0 aliphatic carbocycles. The summed E-state index contributed by atoms with van der Waals surface area (Å²) >= 11 is 0. The number of amides is 1. The number of nitrogens with zero attached hydrogens (tertiary/aromatic N) is 1. The highest BCUT2D eigenvalue weighted by molar-refractivity contribution is 5.89. The van der Waals surface area contributed by atoms with E-state index in [9.17, 15) is 9.59 Å². The number of fused-ring (bicyclic) bond motifs is 1. The normalized spacial score (nSPS) is 16.0. The smallest absolute Gasteiger partial charge is 0.227 e. The molecule has 1 saturated heterocycles. The molecule has 1 aromatic carbocycles. The van der Waals surface area contributed by atoms with Crippen LogP contribution in [0.1, 0.15) is 18.4 Å². The van der Waals surface area contributed by atoms with Crippen LogP contribution in [0.4, 0.5) is 0 Å². The molecule has 1 N–H and O–H groups in total. The first-order chi connectivity index (χ1) is 9.24. The van der Waals surface area contributed by atoms with E-state index in [4.69, 9.17) is 0 Å². The van der Waals surface area contributed by atoms with Gasteiger partial charge in [0.25, 0.3) is 0 Å². The maximum absolute atomic E-state index is 12.2. The number of piperidine rings is 1. The summed E-state index contributed by atoms with van der Waals surface area (Å²) in [5.41, 5.74) is 2.08. The van der Waals surface area contributed by atoms with Crippen molar-refractivity contribution in [2.75, 3.05) is 13.1 Å². The Morgan fingerprint density at radius 1 is 1.21 bits per heavy atom. The van der Waals surface area contributed by atoms with E-state index in [0.717, 1.165) is 16.5 Å². The number of carbonyl (C=O) groups excluding carboxylic acids is 2. The molecule has 0 saturated carbocycles. The highest BCUT2D eigenvalue weighted by atomic mass is 16.2. The van der Waals surface area contributed by atoms with Crippen molar-refractivity contribution in [1.29, 1.82) is 0 Å². The predicted octanol–water partition coefficient (Wildman–Crippen LogP) is 1.90. The van der Waals surface area contributed by atoms with E-state index in [-0.39, 0.29) is 11.7 Å². The Bertz CT molecular complexity index is 620. The Kier molecular flexibility index (Phi) is 3.07. The zero-order valence-electron chi connectivity index (χ0n) is 10.7. The summed E-state index contributed by atoms with van der Waals surface area (Å²) in [6.07, 6.45) is 3.30. The van der Waals surface area contributed by atoms with Crippen LogP contribution < -0.4 is 0 Å². The molecule has 4 heteroatoms. The van der Waals surface area contributed by atoms with Gasteiger partial charge < -0.3 is 9.88 Å². The molecule has 0 radical (unpaired) electrons. The second-order valence-electron chi connectivity index (χ2n) is 4.96. The summed E-state index contributed by atoms with van der Waals surface area (Å²) < 4.78 is 0. The van der Waals surface area contributed by atoms with Crippen LogP contribution in [-0.4, -0.2) is 34.7 Å². The molecule has 1 amide bonds. The molecule has 19 heavy (non-hydrogen) atoms. The third kappa shape index (κ3) is 2.38. The highest BCUT2D eigenvalue weighted by Gasteiger charge is 2.21. The molecule has 0 unspecified atom stereocenters. The lowest BCUT2D eigenvalue weighted by Gasteiger charge is -2.26. The lowest BCUT2D eigenvalue weighted by molar-refractivity contribution is -0.133. The van der Waals surface area contributed by atoms with Crippen LogP contribution >= 0.6 is 0 Å². The van der Waals surface area contributed by atoms with E-state index >= 15 is 0 Å². The Morgan fingerprint density at radius 3 is 2.74 bits per heavy atom. The van der Waals surface area contributed by atoms with Crippen molar-refractivity contribution < 1.29 is 9.59 Å². The van der Waals surface area contributed by atoms with Gasteiger partial charge >= 0.3 is 0 Å². The van der Waals surface area contributed by atoms with Crippen LogP contribution in [0.2, 0.25) is 0 Å². The van der Waals surface area contributed by atoms with E-state index in [2.05, 4.69) is 4.98 Å². The number of aromatic nitrogens is 1. The first kappa shape index (κ1) is 12.0. The van der Waals surface area contributed by atoms with Crippen LogP contribution in [0.15, 0.2) is 30.5 Å². The van der Waals surface area contributed by atoms with Crippen molar-refractivity contribution in [2.24, 2.45) is 0 Å². The average Bonchev–Trinajstić information content (AvgIpc) is 2.83.